The molecule has 0 saturated heterocycles. The van der Waals surface area contributed by atoms with E-state index in [9.17, 15) is 14.4 Å². The highest BCUT2D eigenvalue weighted by Crippen LogP contribution is 2.26. The van der Waals surface area contributed by atoms with Crippen LogP contribution in [0.1, 0.15) is 49.1 Å². The number of pyridine rings is 1. The maximum Gasteiger partial charge on any atom is 0.252 e. The number of aromatic nitrogens is 3. The lowest BCUT2D eigenvalue weighted by atomic mass is 9.88. The summed E-state index contributed by atoms with van der Waals surface area (Å²) in [5, 5.41) is 0. The topological polar surface area (TPSA) is 95.9 Å². The molecule has 0 aliphatic heterocycles. The van der Waals surface area contributed by atoms with E-state index in [4.69, 9.17) is 4.74 Å². The number of hydrogen-bond acceptors (Lipinski definition) is 4. The molecule has 0 spiro atoms. The Hall–Kier alpha value is -3.32. The maximum absolute atomic E-state index is 13.2. The summed E-state index contributed by atoms with van der Waals surface area (Å²) in [5.74, 6) is 0.328. The molecule has 1 aliphatic carbocycles. The van der Waals surface area contributed by atoms with E-state index < -0.39 is 0 Å². The smallest absolute Gasteiger partial charge is 0.252 e. The van der Waals surface area contributed by atoms with Gasteiger partial charge in [0.25, 0.3) is 11.4 Å². The normalized spacial score (nSPS) is 12.8. The number of carbonyl (C=O) groups is 2. The number of nitrogens with zero attached hydrogens (tertiary/aromatic N) is 1. The number of ether oxygens (including phenoxy) is 1. The Labute approximate surface area is 161 Å². The van der Waals surface area contributed by atoms with Crippen molar-refractivity contribution in [1.82, 2.24) is 9.97 Å². The minimum atomic E-state index is -0.201. The monoisotopic (exact) mass is 378 g/mol. The number of methoxy groups -OCH3 is 1. The number of imidazole rings is 1. The molecule has 0 bridgehead atoms. The number of carbonyl (C=O) groups excluding carboxylic acids is 2. The van der Waals surface area contributed by atoms with Gasteiger partial charge < -0.3 is 9.72 Å². The molecular weight excluding hydrogens is 358 g/mol. The zero-order valence-electron chi connectivity index (χ0n) is 15.7. The van der Waals surface area contributed by atoms with Crippen LogP contribution in [0.15, 0.2) is 41.3 Å². The molecule has 0 amide bonds. The number of hydrogen-bond donors (Lipinski definition) is 2. The van der Waals surface area contributed by atoms with E-state index in [1.165, 1.54) is 0 Å². The van der Waals surface area contributed by atoms with Gasteiger partial charge in [0.05, 0.1) is 6.61 Å². The number of H-pyrrole nitrogens is 2. The summed E-state index contributed by atoms with van der Waals surface area (Å²) in [4.78, 5) is 43.8. The molecule has 142 valence electrons. The quantitative estimate of drug-likeness (QED) is 0.512. The van der Waals surface area contributed by atoms with E-state index in [-0.39, 0.29) is 17.1 Å². The molecule has 2 aromatic heterocycles. The molecule has 0 unspecified atom stereocenters. The Morgan fingerprint density at radius 1 is 1.07 bits per heavy atom. The first-order chi connectivity index (χ1) is 13.5. The van der Waals surface area contributed by atoms with E-state index in [1.807, 2.05) is 6.92 Å². The van der Waals surface area contributed by atoms with Gasteiger partial charge in [-0.15, -0.1) is 0 Å². The molecule has 7 nitrogen and oxygen atoms in total. The first-order valence-electron chi connectivity index (χ1n) is 9.01. The van der Waals surface area contributed by atoms with Crippen molar-refractivity contribution in [2.45, 2.75) is 19.9 Å². The molecule has 7 heteroatoms. The lowest BCUT2D eigenvalue weighted by Crippen LogP contribution is -2.44. The SMILES string of the molecule is COCC[n+]1c(C)[nH]c2c1C(=O)c1cc(Cc3ccc[nH]c3=O)ccc1C2=O. The fraction of sp³-hybridized carbons (Fsp3) is 0.238. The highest BCUT2D eigenvalue weighted by Gasteiger charge is 2.40. The average molecular weight is 378 g/mol. The Bertz CT molecular complexity index is 1160. The Kier molecular flexibility index (Phi) is 4.52. The third-order valence-electron chi connectivity index (χ3n) is 5.05. The van der Waals surface area contributed by atoms with E-state index in [0.717, 1.165) is 11.4 Å². The van der Waals surface area contributed by atoms with E-state index in [0.29, 0.717) is 47.7 Å². The molecule has 2 N–H and O–H groups in total. The molecule has 28 heavy (non-hydrogen) atoms. The first kappa shape index (κ1) is 18.1. The van der Waals surface area contributed by atoms with Gasteiger partial charge in [-0.2, -0.15) is 0 Å². The van der Waals surface area contributed by atoms with E-state index >= 15 is 0 Å². The Morgan fingerprint density at radius 2 is 1.89 bits per heavy atom. The fourth-order valence-electron chi connectivity index (χ4n) is 3.64. The van der Waals surface area contributed by atoms with Crippen molar-refractivity contribution < 1.29 is 18.9 Å². The third kappa shape index (κ3) is 2.90. The second-order valence-electron chi connectivity index (χ2n) is 6.82. The fourth-order valence-corrected chi connectivity index (χ4v) is 3.64. The standard InChI is InChI=1S/C21H19N3O4/c1-12-23-17-18(24(12)8-9-28-2)20(26)16-11-13(5-6-15(16)19(17)25)10-14-4-3-7-22-21(14)27/h3-7,11H,8-10H2,1-2H3,(H,22,27)/p+1. The summed E-state index contributed by atoms with van der Waals surface area (Å²) >= 11 is 0. The summed E-state index contributed by atoms with van der Waals surface area (Å²) in [6.07, 6.45) is 1.96. The molecular formula is C21H20N3O4+. The van der Waals surface area contributed by atoms with Crippen LogP contribution in [0.2, 0.25) is 0 Å². The third-order valence-corrected chi connectivity index (χ3v) is 5.05. The number of aromatic amines is 2. The molecule has 1 aromatic carbocycles. The summed E-state index contributed by atoms with van der Waals surface area (Å²) in [7, 11) is 1.59. The Balaban J connectivity index is 1.76. The van der Waals surface area contributed by atoms with Gasteiger partial charge in [0.1, 0.15) is 6.54 Å². The zero-order valence-corrected chi connectivity index (χ0v) is 15.7. The van der Waals surface area contributed by atoms with Gasteiger partial charge >= 0.3 is 0 Å². The van der Waals surface area contributed by atoms with Gasteiger partial charge in [-0.3, -0.25) is 14.4 Å². The molecule has 0 radical (unpaired) electrons. The largest absolute Gasteiger partial charge is 0.381 e. The predicted molar refractivity (Wildman–Crippen MR) is 101 cm³/mol. The number of nitrogens with one attached hydrogen (secondary N) is 2. The lowest BCUT2D eigenvalue weighted by Gasteiger charge is -2.14. The van der Waals surface area contributed by atoms with Gasteiger partial charge in [-0.1, -0.05) is 12.1 Å². The molecule has 2 heterocycles. The number of ketones is 2. The van der Waals surface area contributed by atoms with Crippen molar-refractivity contribution in [2.75, 3.05) is 13.7 Å². The highest BCUT2D eigenvalue weighted by molar-refractivity contribution is 6.26. The number of rotatable bonds is 5. The van der Waals surface area contributed by atoms with Crippen molar-refractivity contribution in [2.24, 2.45) is 0 Å². The van der Waals surface area contributed by atoms with Crippen LogP contribution >= 0.6 is 0 Å². The van der Waals surface area contributed by atoms with Gasteiger partial charge in [-0.05, 0) is 23.8 Å². The maximum atomic E-state index is 13.2. The van der Waals surface area contributed by atoms with Crippen molar-refractivity contribution >= 4 is 11.6 Å². The highest BCUT2D eigenvalue weighted by atomic mass is 16.5. The van der Waals surface area contributed by atoms with Crippen LogP contribution in [-0.4, -0.2) is 35.3 Å². The average Bonchev–Trinajstić information content (AvgIpc) is 3.03. The Morgan fingerprint density at radius 3 is 2.64 bits per heavy atom. The molecule has 3 aromatic rings. The molecule has 0 fully saturated rings. The first-order valence-corrected chi connectivity index (χ1v) is 9.01. The lowest BCUT2D eigenvalue weighted by molar-refractivity contribution is -0.704. The molecule has 1 aliphatic rings. The predicted octanol–water partition coefficient (Wildman–Crippen LogP) is 1.31. The molecule has 4 rings (SSSR count). The van der Waals surface area contributed by atoms with E-state index in [2.05, 4.69) is 9.97 Å². The van der Waals surface area contributed by atoms with Crippen LogP contribution in [-0.2, 0) is 17.7 Å². The summed E-state index contributed by atoms with van der Waals surface area (Å²) in [5.41, 5.74) is 2.67. The molecule has 0 atom stereocenters. The summed E-state index contributed by atoms with van der Waals surface area (Å²) in [6, 6.07) is 8.68. The number of benzene rings is 1. The minimum absolute atomic E-state index is 0.163. The van der Waals surface area contributed by atoms with Crippen molar-refractivity contribution in [1.29, 1.82) is 0 Å². The van der Waals surface area contributed by atoms with Crippen molar-refractivity contribution in [3.8, 4) is 0 Å². The van der Waals surface area contributed by atoms with Gasteiger partial charge in [0.2, 0.25) is 23.0 Å². The van der Waals surface area contributed by atoms with Crippen LogP contribution in [0, 0.1) is 6.92 Å². The molecule has 0 saturated carbocycles. The minimum Gasteiger partial charge on any atom is -0.381 e. The summed E-state index contributed by atoms with van der Waals surface area (Å²) < 4.78 is 6.91. The van der Waals surface area contributed by atoms with Crippen LogP contribution in [0.25, 0.3) is 0 Å². The van der Waals surface area contributed by atoms with Crippen LogP contribution < -0.4 is 10.1 Å². The number of fused-ring (bicyclic) bond motifs is 2. The van der Waals surface area contributed by atoms with Crippen molar-refractivity contribution in [3.05, 3.63) is 86.3 Å². The van der Waals surface area contributed by atoms with E-state index in [1.54, 1.807) is 48.2 Å². The second kappa shape index (κ2) is 7.01. The van der Waals surface area contributed by atoms with Crippen LogP contribution in [0.4, 0.5) is 0 Å². The number of aryl methyl sites for hydroxylation is 1. The van der Waals surface area contributed by atoms with Gasteiger partial charge in [0, 0.05) is 43.3 Å². The second-order valence-corrected chi connectivity index (χ2v) is 6.82. The van der Waals surface area contributed by atoms with Crippen LogP contribution in [0.5, 0.6) is 0 Å². The van der Waals surface area contributed by atoms with Crippen LogP contribution in [0.3, 0.4) is 0 Å². The van der Waals surface area contributed by atoms with Gasteiger partial charge in [-0.25, -0.2) is 9.55 Å². The van der Waals surface area contributed by atoms with Gasteiger partial charge in [0.15, 0.2) is 0 Å². The zero-order chi connectivity index (χ0) is 19.8. The van der Waals surface area contributed by atoms with Crippen molar-refractivity contribution in [3.63, 3.8) is 0 Å². The summed E-state index contributed by atoms with van der Waals surface area (Å²) in [6.45, 7) is 2.73.